The van der Waals surface area contributed by atoms with Crippen molar-refractivity contribution >= 4 is 5.69 Å². The number of nitrogens with zero attached hydrogens (tertiary/aromatic N) is 3. The Bertz CT molecular complexity index is 829. The van der Waals surface area contributed by atoms with Crippen molar-refractivity contribution < 1.29 is 0 Å². The summed E-state index contributed by atoms with van der Waals surface area (Å²) in [5.74, 6) is 0. The Morgan fingerprint density at radius 2 is 1.81 bits per heavy atom. The second-order valence-electron chi connectivity index (χ2n) is 8.75. The number of benzene rings is 1. The molecule has 1 atom stereocenters. The van der Waals surface area contributed by atoms with Crippen LogP contribution in [0.4, 0.5) is 5.69 Å². The molecule has 144 valence electrons. The Labute approximate surface area is 162 Å². The maximum absolute atomic E-state index is 4.68. The summed E-state index contributed by atoms with van der Waals surface area (Å²) in [6.45, 7) is 4.51. The molecule has 0 amide bonds. The zero-order valence-corrected chi connectivity index (χ0v) is 16.8. The lowest BCUT2D eigenvalue weighted by atomic mass is 9.89. The van der Waals surface area contributed by atoms with Crippen molar-refractivity contribution in [2.75, 3.05) is 18.0 Å². The number of anilines is 1. The Morgan fingerprint density at radius 1 is 1.00 bits per heavy atom. The first-order valence-electron chi connectivity index (χ1n) is 10.8. The second kappa shape index (κ2) is 6.97. The van der Waals surface area contributed by atoms with Gasteiger partial charge in [-0.05, 0) is 81.5 Å². The largest absolute Gasteiger partial charge is 0.371 e. The van der Waals surface area contributed by atoms with Crippen molar-refractivity contribution in [1.82, 2.24) is 15.1 Å². The summed E-state index contributed by atoms with van der Waals surface area (Å²) in [6.07, 6.45) is 10.1. The highest BCUT2D eigenvalue weighted by molar-refractivity contribution is 5.52. The summed E-state index contributed by atoms with van der Waals surface area (Å²) in [4.78, 5) is 2.60. The Kier molecular flexibility index (Phi) is 4.47. The van der Waals surface area contributed by atoms with Crippen LogP contribution in [0.3, 0.4) is 0 Å². The first-order chi connectivity index (χ1) is 13.2. The summed E-state index contributed by atoms with van der Waals surface area (Å²) < 4.78 is 2.11. The van der Waals surface area contributed by atoms with Gasteiger partial charge in [0.2, 0.25) is 0 Å². The van der Waals surface area contributed by atoms with Gasteiger partial charge in [-0.15, -0.1) is 0 Å². The number of rotatable bonds is 3. The van der Waals surface area contributed by atoms with Crippen LogP contribution in [0.5, 0.6) is 0 Å². The molecule has 0 radical (unpaired) electrons. The molecule has 2 aromatic rings. The summed E-state index contributed by atoms with van der Waals surface area (Å²) in [6, 6.07) is 8.31. The molecule has 1 aromatic heterocycles. The fourth-order valence-electron chi connectivity index (χ4n) is 5.60. The zero-order chi connectivity index (χ0) is 18.4. The number of fused-ring (bicyclic) bond motifs is 2. The van der Waals surface area contributed by atoms with Gasteiger partial charge >= 0.3 is 0 Å². The molecule has 1 fully saturated rings. The van der Waals surface area contributed by atoms with Crippen LogP contribution in [0.25, 0.3) is 0 Å². The number of hydrogen-bond acceptors (Lipinski definition) is 3. The zero-order valence-electron chi connectivity index (χ0n) is 16.8. The molecule has 5 rings (SSSR count). The average Bonchev–Trinajstić information content (AvgIpc) is 3.27. The van der Waals surface area contributed by atoms with E-state index in [0.29, 0.717) is 12.1 Å². The summed E-state index contributed by atoms with van der Waals surface area (Å²) in [5.41, 5.74) is 8.78. The summed E-state index contributed by atoms with van der Waals surface area (Å²) in [7, 11) is 2.10. The van der Waals surface area contributed by atoms with Gasteiger partial charge in [0.05, 0.1) is 5.69 Å². The van der Waals surface area contributed by atoms with Gasteiger partial charge in [0.1, 0.15) is 0 Å². The minimum absolute atomic E-state index is 0.499. The number of aryl methyl sites for hydroxylation is 4. The SMILES string of the molecule is Cc1nn(C)c2c1C(NC1CCN(c3ccc4c(c3)CCC4)CC1)CCC2. The fourth-order valence-corrected chi connectivity index (χ4v) is 5.60. The smallest absolute Gasteiger partial charge is 0.0644 e. The Balaban J connectivity index is 1.23. The van der Waals surface area contributed by atoms with Crippen LogP contribution in [-0.2, 0) is 26.3 Å². The third-order valence-corrected chi connectivity index (χ3v) is 7.03. The molecule has 2 heterocycles. The van der Waals surface area contributed by atoms with Crippen LogP contribution in [0, 0.1) is 6.92 Å². The molecule has 1 saturated heterocycles. The van der Waals surface area contributed by atoms with Crippen LogP contribution < -0.4 is 10.2 Å². The van der Waals surface area contributed by atoms with Crippen molar-refractivity contribution in [3.05, 3.63) is 46.3 Å². The molecule has 1 aromatic carbocycles. The van der Waals surface area contributed by atoms with Crippen molar-refractivity contribution in [2.24, 2.45) is 7.05 Å². The standard InChI is InChI=1S/C23H32N4/c1-16-23-21(7-4-8-22(23)26(2)25-16)24-19-11-13-27(14-12-19)20-10-9-17-5-3-6-18(17)15-20/h9-10,15,19,21,24H,3-8,11-14H2,1-2H3. The van der Waals surface area contributed by atoms with Crippen molar-refractivity contribution in [3.63, 3.8) is 0 Å². The second-order valence-corrected chi connectivity index (χ2v) is 8.75. The first-order valence-corrected chi connectivity index (χ1v) is 10.8. The van der Waals surface area contributed by atoms with E-state index in [2.05, 4.69) is 52.2 Å². The predicted octanol–water partition coefficient (Wildman–Crippen LogP) is 3.85. The monoisotopic (exact) mass is 364 g/mol. The van der Waals surface area contributed by atoms with Gasteiger partial charge in [0.25, 0.3) is 0 Å². The Hall–Kier alpha value is -1.81. The van der Waals surface area contributed by atoms with E-state index in [1.807, 2.05) is 0 Å². The third kappa shape index (κ3) is 3.18. The van der Waals surface area contributed by atoms with E-state index in [9.17, 15) is 0 Å². The van der Waals surface area contributed by atoms with E-state index >= 15 is 0 Å². The number of piperidine rings is 1. The minimum atomic E-state index is 0.499. The van der Waals surface area contributed by atoms with Crippen LogP contribution in [0.1, 0.15) is 66.2 Å². The summed E-state index contributed by atoms with van der Waals surface area (Å²) in [5, 5.41) is 8.69. The maximum Gasteiger partial charge on any atom is 0.0644 e. The van der Waals surface area contributed by atoms with Gasteiger partial charge in [-0.25, -0.2) is 0 Å². The van der Waals surface area contributed by atoms with Crippen LogP contribution in [-0.4, -0.2) is 28.9 Å². The molecule has 27 heavy (non-hydrogen) atoms. The van der Waals surface area contributed by atoms with Gasteiger partial charge in [-0.1, -0.05) is 6.07 Å². The van der Waals surface area contributed by atoms with E-state index in [1.54, 1.807) is 11.1 Å². The van der Waals surface area contributed by atoms with Gasteiger partial charge in [0, 0.05) is 49.2 Å². The lowest BCUT2D eigenvalue weighted by Gasteiger charge is -2.37. The summed E-state index contributed by atoms with van der Waals surface area (Å²) >= 11 is 0. The van der Waals surface area contributed by atoms with Crippen LogP contribution in [0.2, 0.25) is 0 Å². The maximum atomic E-state index is 4.68. The number of nitrogens with one attached hydrogen (secondary N) is 1. The molecule has 0 saturated carbocycles. The van der Waals surface area contributed by atoms with E-state index in [1.165, 1.54) is 87.1 Å². The van der Waals surface area contributed by atoms with Gasteiger partial charge in [-0.2, -0.15) is 5.10 Å². The minimum Gasteiger partial charge on any atom is -0.371 e. The average molecular weight is 365 g/mol. The molecular weight excluding hydrogens is 332 g/mol. The van der Waals surface area contributed by atoms with Crippen molar-refractivity contribution in [1.29, 1.82) is 0 Å². The number of aromatic nitrogens is 2. The molecule has 0 spiro atoms. The van der Waals surface area contributed by atoms with Gasteiger partial charge in [0.15, 0.2) is 0 Å². The molecule has 4 nitrogen and oxygen atoms in total. The third-order valence-electron chi connectivity index (χ3n) is 7.03. The van der Waals surface area contributed by atoms with Crippen LogP contribution in [0.15, 0.2) is 18.2 Å². The van der Waals surface area contributed by atoms with E-state index in [4.69, 9.17) is 0 Å². The first kappa shape index (κ1) is 17.3. The normalized spacial score (nSPS) is 22.7. The Morgan fingerprint density at radius 3 is 2.67 bits per heavy atom. The van der Waals surface area contributed by atoms with Crippen molar-refractivity contribution in [2.45, 2.75) is 70.4 Å². The van der Waals surface area contributed by atoms with E-state index < -0.39 is 0 Å². The number of hydrogen-bond donors (Lipinski definition) is 1. The predicted molar refractivity (Wildman–Crippen MR) is 110 cm³/mol. The highest BCUT2D eigenvalue weighted by Crippen LogP contribution is 2.33. The quantitative estimate of drug-likeness (QED) is 0.898. The van der Waals surface area contributed by atoms with E-state index in [-0.39, 0.29) is 0 Å². The lowest BCUT2D eigenvalue weighted by Crippen LogP contribution is -2.44. The highest BCUT2D eigenvalue weighted by Gasteiger charge is 2.29. The molecule has 2 aliphatic carbocycles. The topological polar surface area (TPSA) is 33.1 Å². The molecule has 1 unspecified atom stereocenters. The molecule has 1 aliphatic heterocycles. The van der Waals surface area contributed by atoms with Gasteiger partial charge < -0.3 is 10.2 Å². The highest BCUT2D eigenvalue weighted by atomic mass is 15.3. The molecule has 1 N–H and O–H groups in total. The van der Waals surface area contributed by atoms with Crippen LogP contribution >= 0.6 is 0 Å². The molecule has 4 heteroatoms. The van der Waals surface area contributed by atoms with E-state index in [0.717, 1.165) is 0 Å². The molecule has 3 aliphatic rings. The van der Waals surface area contributed by atoms with Crippen molar-refractivity contribution in [3.8, 4) is 0 Å². The van der Waals surface area contributed by atoms with Gasteiger partial charge in [-0.3, -0.25) is 4.68 Å². The molecule has 0 bridgehead atoms. The lowest BCUT2D eigenvalue weighted by molar-refractivity contribution is 0.344. The molecular formula is C23H32N4. The fraction of sp³-hybridized carbons (Fsp3) is 0.609.